The molecule has 2 aromatic carbocycles. The normalized spacial score (nSPS) is 20.9. The van der Waals surface area contributed by atoms with Crippen molar-refractivity contribution in [2.24, 2.45) is 5.73 Å². The monoisotopic (exact) mass is 298 g/mol. The molecule has 21 heavy (non-hydrogen) atoms. The molecule has 0 spiro atoms. The first-order chi connectivity index (χ1) is 10.1. The number of hydrogen-bond acceptors (Lipinski definition) is 3. The predicted molar refractivity (Wildman–Crippen MR) is 83.9 cm³/mol. The molecule has 0 saturated carbocycles. The molecule has 1 unspecified atom stereocenters. The van der Waals surface area contributed by atoms with Crippen LogP contribution in [0.3, 0.4) is 0 Å². The highest BCUT2D eigenvalue weighted by molar-refractivity contribution is 7.18. The molecule has 0 aliphatic heterocycles. The summed E-state index contributed by atoms with van der Waals surface area (Å²) in [6, 6.07) is 13.1. The van der Waals surface area contributed by atoms with Crippen LogP contribution >= 0.6 is 11.3 Å². The highest BCUT2D eigenvalue weighted by Crippen LogP contribution is 2.38. The van der Waals surface area contributed by atoms with Gasteiger partial charge < -0.3 is 5.73 Å². The third kappa shape index (κ3) is 2.15. The third-order valence-corrected chi connectivity index (χ3v) is 5.29. The second kappa shape index (κ2) is 4.61. The molecular formula is C17H15FN2S. The number of nitrogens with two attached hydrogens (primary N) is 1. The van der Waals surface area contributed by atoms with Crippen molar-refractivity contribution in [3.8, 4) is 0 Å². The minimum Gasteiger partial charge on any atom is -0.321 e. The molecule has 4 heteroatoms. The minimum atomic E-state index is -0.420. The van der Waals surface area contributed by atoms with E-state index < -0.39 is 5.54 Å². The van der Waals surface area contributed by atoms with Crippen LogP contribution in [0.1, 0.15) is 22.6 Å². The van der Waals surface area contributed by atoms with Crippen LogP contribution in [-0.2, 0) is 18.4 Å². The molecular weight excluding hydrogens is 283 g/mol. The topological polar surface area (TPSA) is 38.9 Å². The summed E-state index contributed by atoms with van der Waals surface area (Å²) < 4.78 is 14.5. The Labute approximate surface area is 126 Å². The number of aromatic nitrogens is 1. The van der Waals surface area contributed by atoms with Gasteiger partial charge in [0.25, 0.3) is 0 Å². The lowest BCUT2D eigenvalue weighted by molar-refractivity contribution is 0.438. The summed E-state index contributed by atoms with van der Waals surface area (Å²) in [5.41, 5.74) is 9.34. The lowest BCUT2D eigenvalue weighted by Gasteiger charge is -2.24. The van der Waals surface area contributed by atoms with Crippen molar-refractivity contribution in [2.45, 2.75) is 24.8 Å². The van der Waals surface area contributed by atoms with Crippen LogP contribution in [0.25, 0.3) is 10.2 Å². The van der Waals surface area contributed by atoms with Crippen LogP contribution in [0.4, 0.5) is 4.39 Å². The zero-order valence-electron chi connectivity index (χ0n) is 11.5. The van der Waals surface area contributed by atoms with Gasteiger partial charge in [-0.25, -0.2) is 9.37 Å². The van der Waals surface area contributed by atoms with E-state index in [-0.39, 0.29) is 5.82 Å². The first-order valence-corrected chi connectivity index (χ1v) is 7.88. The molecule has 4 rings (SSSR count). The first-order valence-electron chi connectivity index (χ1n) is 7.06. The maximum atomic E-state index is 13.3. The van der Waals surface area contributed by atoms with Gasteiger partial charge in [0.05, 0.1) is 15.2 Å². The van der Waals surface area contributed by atoms with E-state index in [1.165, 1.54) is 10.8 Å². The Morgan fingerprint density at radius 3 is 2.95 bits per heavy atom. The number of halogens is 1. The number of nitrogens with zero attached hydrogens (tertiary/aromatic N) is 1. The van der Waals surface area contributed by atoms with Gasteiger partial charge >= 0.3 is 0 Å². The summed E-state index contributed by atoms with van der Waals surface area (Å²) >= 11 is 1.70. The van der Waals surface area contributed by atoms with Gasteiger partial charge in [0.1, 0.15) is 5.82 Å². The summed E-state index contributed by atoms with van der Waals surface area (Å²) in [5, 5.41) is 1.05. The Morgan fingerprint density at radius 2 is 2.10 bits per heavy atom. The lowest BCUT2D eigenvalue weighted by Crippen LogP contribution is -2.36. The summed E-state index contributed by atoms with van der Waals surface area (Å²) in [6.45, 7) is 0. The van der Waals surface area contributed by atoms with E-state index in [4.69, 9.17) is 5.73 Å². The summed E-state index contributed by atoms with van der Waals surface area (Å²) in [5.74, 6) is -0.182. The number of fused-ring (bicyclic) bond motifs is 2. The van der Waals surface area contributed by atoms with E-state index in [1.54, 1.807) is 17.4 Å². The third-order valence-electron chi connectivity index (χ3n) is 4.25. The second-order valence-electron chi connectivity index (χ2n) is 5.71. The molecule has 1 atom stereocenters. The molecule has 2 nitrogen and oxygen atoms in total. The zero-order valence-corrected chi connectivity index (χ0v) is 12.3. The van der Waals surface area contributed by atoms with Gasteiger partial charge in [-0.2, -0.15) is 0 Å². The Morgan fingerprint density at radius 1 is 1.24 bits per heavy atom. The number of aryl methyl sites for hydroxylation is 1. The molecule has 0 fully saturated rings. The van der Waals surface area contributed by atoms with Crippen molar-refractivity contribution in [2.75, 3.05) is 0 Å². The molecule has 0 saturated heterocycles. The SMILES string of the molecule is NC1(Cc2nc3ccccc3s2)CCc2cc(F)ccc21. The van der Waals surface area contributed by atoms with Crippen molar-refractivity contribution in [3.05, 3.63) is 64.4 Å². The van der Waals surface area contributed by atoms with E-state index in [9.17, 15) is 4.39 Å². The van der Waals surface area contributed by atoms with E-state index >= 15 is 0 Å². The standard InChI is InChI=1S/C17H15FN2S/c18-12-5-6-13-11(9-12)7-8-17(13,19)10-16-20-14-3-1-2-4-15(14)21-16/h1-6,9H,7-8,10,19H2. The largest absolute Gasteiger partial charge is 0.321 e. The molecule has 1 aliphatic rings. The average Bonchev–Trinajstić information content (AvgIpc) is 3.00. The smallest absolute Gasteiger partial charge is 0.123 e. The van der Waals surface area contributed by atoms with Gasteiger partial charge in [0.15, 0.2) is 0 Å². The van der Waals surface area contributed by atoms with Crippen molar-refractivity contribution in [1.82, 2.24) is 4.98 Å². The second-order valence-corrected chi connectivity index (χ2v) is 6.82. The molecule has 106 valence electrons. The maximum absolute atomic E-state index is 13.3. The fraction of sp³-hybridized carbons (Fsp3) is 0.235. The van der Waals surface area contributed by atoms with Gasteiger partial charge in [-0.05, 0) is 48.2 Å². The predicted octanol–water partition coefficient (Wildman–Crippen LogP) is 3.78. The fourth-order valence-electron chi connectivity index (χ4n) is 3.20. The molecule has 1 heterocycles. The van der Waals surface area contributed by atoms with Crippen LogP contribution < -0.4 is 5.73 Å². The fourth-order valence-corrected chi connectivity index (χ4v) is 4.29. The van der Waals surface area contributed by atoms with Gasteiger partial charge in [0.2, 0.25) is 0 Å². The van der Waals surface area contributed by atoms with Crippen LogP contribution in [0.5, 0.6) is 0 Å². The number of benzene rings is 2. The quantitative estimate of drug-likeness (QED) is 0.782. The summed E-state index contributed by atoms with van der Waals surface area (Å²) in [6.07, 6.45) is 2.40. The van der Waals surface area contributed by atoms with Crippen molar-refractivity contribution in [3.63, 3.8) is 0 Å². The number of thiazole rings is 1. The van der Waals surface area contributed by atoms with Crippen LogP contribution in [0.15, 0.2) is 42.5 Å². The molecule has 0 bridgehead atoms. The van der Waals surface area contributed by atoms with Crippen LogP contribution in [0.2, 0.25) is 0 Å². The first kappa shape index (κ1) is 12.9. The Balaban J connectivity index is 1.71. The molecule has 2 N–H and O–H groups in total. The maximum Gasteiger partial charge on any atom is 0.123 e. The Kier molecular flexibility index (Phi) is 2.84. The van der Waals surface area contributed by atoms with Crippen molar-refractivity contribution >= 4 is 21.6 Å². The highest BCUT2D eigenvalue weighted by atomic mass is 32.1. The molecule has 3 aromatic rings. The van der Waals surface area contributed by atoms with Gasteiger partial charge in [0, 0.05) is 12.0 Å². The lowest BCUT2D eigenvalue weighted by atomic mass is 9.90. The van der Waals surface area contributed by atoms with E-state index in [1.807, 2.05) is 24.3 Å². The van der Waals surface area contributed by atoms with Gasteiger partial charge in [-0.1, -0.05) is 18.2 Å². The molecule has 1 aliphatic carbocycles. The molecule has 0 amide bonds. The highest BCUT2D eigenvalue weighted by Gasteiger charge is 2.36. The van der Waals surface area contributed by atoms with Gasteiger partial charge in [-0.15, -0.1) is 11.3 Å². The number of hydrogen-bond donors (Lipinski definition) is 1. The van der Waals surface area contributed by atoms with E-state index in [0.29, 0.717) is 6.42 Å². The minimum absolute atomic E-state index is 0.182. The van der Waals surface area contributed by atoms with Crippen LogP contribution in [0, 0.1) is 5.82 Å². The van der Waals surface area contributed by atoms with Gasteiger partial charge in [-0.3, -0.25) is 0 Å². The van der Waals surface area contributed by atoms with Crippen LogP contribution in [-0.4, -0.2) is 4.98 Å². The summed E-state index contributed by atoms with van der Waals surface area (Å²) in [4.78, 5) is 4.68. The van der Waals surface area contributed by atoms with E-state index in [0.717, 1.165) is 34.5 Å². The van der Waals surface area contributed by atoms with Crippen molar-refractivity contribution in [1.29, 1.82) is 0 Å². The Hall–Kier alpha value is -1.78. The zero-order chi connectivity index (χ0) is 14.4. The van der Waals surface area contributed by atoms with E-state index in [2.05, 4.69) is 11.1 Å². The van der Waals surface area contributed by atoms with Crippen molar-refractivity contribution < 1.29 is 4.39 Å². The molecule has 1 aromatic heterocycles. The average molecular weight is 298 g/mol. The number of para-hydroxylation sites is 1. The Bertz CT molecular complexity index is 794. The summed E-state index contributed by atoms with van der Waals surface area (Å²) in [7, 11) is 0. The molecule has 0 radical (unpaired) electrons. The number of rotatable bonds is 2.